The first-order valence-electron chi connectivity index (χ1n) is 5.30. The minimum atomic E-state index is -0.346. The summed E-state index contributed by atoms with van der Waals surface area (Å²) < 4.78 is 10.3. The van der Waals surface area contributed by atoms with Crippen LogP contribution in [0, 0.1) is 6.92 Å². The van der Waals surface area contributed by atoms with Crippen LogP contribution in [-0.4, -0.2) is 19.2 Å². The molecule has 0 aliphatic heterocycles. The van der Waals surface area contributed by atoms with Gasteiger partial charge in [-0.25, -0.2) is 4.79 Å². The molecular formula is C12H17NO3. The minimum absolute atomic E-state index is 0.346. The van der Waals surface area contributed by atoms with Gasteiger partial charge in [-0.2, -0.15) is 0 Å². The Balaban J connectivity index is 3.08. The van der Waals surface area contributed by atoms with Crippen LogP contribution < -0.4 is 10.5 Å². The van der Waals surface area contributed by atoms with Gasteiger partial charge in [-0.1, -0.05) is 0 Å². The second-order valence-electron chi connectivity index (χ2n) is 3.36. The van der Waals surface area contributed by atoms with E-state index in [0.717, 1.165) is 5.56 Å². The van der Waals surface area contributed by atoms with Gasteiger partial charge in [0, 0.05) is 0 Å². The third kappa shape index (κ3) is 2.66. The van der Waals surface area contributed by atoms with Crippen molar-refractivity contribution >= 4 is 11.7 Å². The number of ether oxygens (including phenoxy) is 2. The van der Waals surface area contributed by atoms with Crippen molar-refractivity contribution in [3.05, 3.63) is 23.3 Å². The minimum Gasteiger partial charge on any atom is -0.492 e. The summed E-state index contributed by atoms with van der Waals surface area (Å²) in [5.41, 5.74) is 7.60. The number of hydrogen-bond donors (Lipinski definition) is 1. The third-order valence-electron chi connectivity index (χ3n) is 2.15. The number of anilines is 1. The van der Waals surface area contributed by atoms with Crippen molar-refractivity contribution in [3.8, 4) is 5.75 Å². The summed E-state index contributed by atoms with van der Waals surface area (Å²) in [7, 11) is 0. The SMILES string of the molecule is CCOC(=O)c1cc(OCC)c(N)cc1C. The quantitative estimate of drug-likeness (QED) is 0.627. The predicted octanol–water partition coefficient (Wildman–Crippen LogP) is 2.15. The summed E-state index contributed by atoms with van der Waals surface area (Å²) in [6, 6.07) is 3.35. The topological polar surface area (TPSA) is 61.5 Å². The molecule has 0 bridgehead atoms. The van der Waals surface area contributed by atoms with Crippen molar-refractivity contribution in [1.82, 2.24) is 0 Å². The summed E-state index contributed by atoms with van der Waals surface area (Å²) >= 11 is 0. The van der Waals surface area contributed by atoms with E-state index in [4.69, 9.17) is 15.2 Å². The molecule has 0 atom stereocenters. The van der Waals surface area contributed by atoms with Gasteiger partial charge >= 0.3 is 5.97 Å². The van der Waals surface area contributed by atoms with Crippen LogP contribution in [0.1, 0.15) is 29.8 Å². The average Bonchev–Trinajstić information content (AvgIpc) is 2.22. The molecule has 4 nitrogen and oxygen atoms in total. The summed E-state index contributed by atoms with van der Waals surface area (Å²) in [5.74, 6) is 0.178. The van der Waals surface area contributed by atoms with Crippen LogP contribution in [0.25, 0.3) is 0 Å². The van der Waals surface area contributed by atoms with Crippen molar-refractivity contribution in [2.75, 3.05) is 18.9 Å². The molecule has 0 saturated carbocycles. The zero-order valence-electron chi connectivity index (χ0n) is 9.87. The Hall–Kier alpha value is -1.71. The molecule has 88 valence electrons. The Morgan fingerprint density at radius 2 is 2.00 bits per heavy atom. The number of aryl methyl sites for hydroxylation is 1. The van der Waals surface area contributed by atoms with Gasteiger partial charge in [0.2, 0.25) is 0 Å². The number of benzene rings is 1. The normalized spacial score (nSPS) is 9.94. The summed E-state index contributed by atoms with van der Waals surface area (Å²) in [6.45, 7) is 6.32. The van der Waals surface area contributed by atoms with Gasteiger partial charge in [0.1, 0.15) is 5.75 Å². The molecule has 1 aromatic carbocycles. The van der Waals surface area contributed by atoms with E-state index < -0.39 is 0 Å². The summed E-state index contributed by atoms with van der Waals surface area (Å²) in [5, 5.41) is 0. The lowest BCUT2D eigenvalue weighted by atomic mass is 10.1. The number of rotatable bonds is 4. The molecule has 0 aliphatic rings. The lowest BCUT2D eigenvalue weighted by Crippen LogP contribution is -2.08. The number of nitrogen functional groups attached to an aromatic ring is 1. The van der Waals surface area contributed by atoms with Crippen molar-refractivity contribution < 1.29 is 14.3 Å². The molecule has 2 N–H and O–H groups in total. The number of hydrogen-bond acceptors (Lipinski definition) is 4. The highest BCUT2D eigenvalue weighted by Gasteiger charge is 2.13. The van der Waals surface area contributed by atoms with E-state index in [1.165, 1.54) is 0 Å². The van der Waals surface area contributed by atoms with E-state index in [1.54, 1.807) is 19.1 Å². The molecule has 0 aromatic heterocycles. The van der Waals surface area contributed by atoms with Crippen molar-refractivity contribution in [3.63, 3.8) is 0 Å². The maximum Gasteiger partial charge on any atom is 0.338 e. The van der Waals surface area contributed by atoms with E-state index in [2.05, 4.69) is 0 Å². The highest BCUT2D eigenvalue weighted by Crippen LogP contribution is 2.26. The van der Waals surface area contributed by atoms with Crippen LogP contribution in [0.5, 0.6) is 5.75 Å². The number of carbonyl (C=O) groups excluding carboxylic acids is 1. The number of nitrogens with two attached hydrogens (primary N) is 1. The molecule has 1 rings (SSSR count). The fraction of sp³-hybridized carbons (Fsp3) is 0.417. The van der Waals surface area contributed by atoms with E-state index >= 15 is 0 Å². The van der Waals surface area contributed by atoms with Crippen LogP contribution in [0.4, 0.5) is 5.69 Å². The summed E-state index contributed by atoms with van der Waals surface area (Å²) in [6.07, 6.45) is 0. The predicted molar refractivity (Wildman–Crippen MR) is 62.7 cm³/mol. The zero-order chi connectivity index (χ0) is 12.1. The van der Waals surface area contributed by atoms with Crippen molar-refractivity contribution in [2.45, 2.75) is 20.8 Å². The van der Waals surface area contributed by atoms with Gasteiger partial charge in [0.15, 0.2) is 0 Å². The molecule has 0 aliphatic carbocycles. The first kappa shape index (κ1) is 12.4. The first-order chi connectivity index (χ1) is 7.60. The monoisotopic (exact) mass is 223 g/mol. The molecule has 0 fully saturated rings. The first-order valence-corrected chi connectivity index (χ1v) is 5.30. The van der Waals surface area contributed by atoms with Crippen LogP contribution in [-0.2, 0) is 4.74 Å². The fourth-order valence-electron chi connectivity index (χ4n) is 1.42. The highest BCUT2D eigenvalue weighted by atomic mass is 16.5. The smallest absolute Gasteiger partial charge is 0.338 e. The van der Waals surface area contributed by atoms with E-state index in [0.29, 0.717) is 30.2 Å². The fourth-order valence-corrected chi connectivity index (χ4v) is 1.42. The largest absolute Gasteiger partial charge is 0.492 e. The average molecular weight is 223 g/mol. The summed E-state index contributed by atoms with van der Waals surface area (Å²) in [4.78, 5) is 11.6. The second-order valence-corrected chi connectivity index (χ2v) is 3.36. The van der Waals surface area contributed by atoms with Gasteiger partial charge in [-0.05, 0) is 38.5 Å². The second kappa shape index (κ2) is 5.39. The molecule has 0 unspecified atom stereocenters. The van der Waals surface area contributed by atoms with Crippen LogP contribution >= 0.6 is 0 Å². The Kier molecular flexibility index (Phi) is 4.17. The Morgan fingerprint density at radius 1 is 1.31 bits per heavy atom. The van der Waals surface area contributed by atoms with Gasteiger partial charge in [-0.3, -0.25) is 0 Å². The van der Waals surface area contributed by atoms with Crippen LogP contribution in [0.15, 0.2) is 12.1 Å². The molecule has 0 saturated heterocycles. The molecule has 16 heavy (non-hydrogen) atoms. The van der Waals surface area contributed by atoms with Gasteiger partial charge in [-0.15, -0.1) is 0 Å². The molecule has 0 amide bonds. The lowest BCUT2D eigenvalue weighted by Gasteiger charge is -2.11. The molecule has 1 aromatic rings. The van der Waals surface area contributed by atoms with E-state index in [9.17, 15) is 4.79 Å². The van der Waals surface area contributed by atoms with Gasteiger partial charge in [0.05, 0.1) is 24.5 Å². The highest BCUT2D eigenvalue weighted by molar-refractivity contribution is 5.92. The van der Waals surface area contributed by atoms with E-state index in [-0.39, 0.29) is 5.97 Å². The molecular weight excluding hydrogens is 206 g/mol. The molecule has 0 spiro atoms. The number of carbonyl (C=O) groups is 1. The Morgan fingerprint density at radius 3 is 2.56 bits per heavy atom. The number of esters is 1. The third-order valence-corrected chi connectivity index (χ3v) is 2.15. The zero-order valence-corrected chi connectivity index (χ0v) is 9.87. The Bertz CT molecular complexity index is 388. The standard InChI is InChI=1S/C12H17NO3/c1-4-15-11-7-9(12(14)16-5-2)8(3)6-10(11)13/h6-7H,4-5,13H2,1-3H3. The Labute approximate surface area is 95.3 Å². The molecule has 4 heteroatoms. The van der Waals surface area contributed by atoms with E-state index in [1.807, 2.05) is 13.8 Å². The van der Waals surface area contributed by atoms with Gasteiger partial charge < -0.3 is 15.2 Å². The maximum absolute atomic E-state index is 11.6. The van der Waals surface area contributed by atoms with Crippen LogP contribution in [0.3, 0.4) is 0 Å². The van der Waals surface area contributed by atoms with Crippen molar-refractivity contribution in [1.29, 1.82) is 0 Å². The lowest BCUT2D eigenvalue weighted by molar-refractivity contribution is 0.0525. The van der Waals surface area contributed by atoms with Gasteiger partial charge in [0.25, 0.3) is 0 Å². The molecule has 0 heterocycles. The molecule has 0 radical (unpaired) electrons. The maximum atomic E-state index is 11.6. The van der Waals surface area contributed by atoms with Crippen LogP contribution in [0.2, 0.25) is 0 Å². The van der Waals surface area contributed by atoms with Crippen molar-refractivity contribution in [2.24, 2.45) is 0 Å².